The van der Waals surface area contributed by atoms with E-state index in [2.05, 4.69) is 4.89 Å². The van der Waals surface area contributed by atoms with Gasteiger partial charge in [-0.05, 0) is 34.6 Å². The Kier molecular flexibility index (Phi) is 201. The van der Waals surface area contributed by atoms with E-state index < -0.39 is 19.7 Å². The molecule has 8 nitrogen and oxygen atoms in total. The van der Waals surface area contributed by atoms with E-state index >= 15 is 0 Å². The van der Waals surface area contributed by atoms with Crippen LogP contribution in [0.15, 0.2) is 0 Å². The van der Waals surface area contributed by atoms with E-state index in [0.29, 0.717) is 6.61 Å². The molecule has 9 heteroatoms. The first-order valence-electron chi connectivity index (χ1n) is 5.64. The third-order valence-corrected chi connectivity index (χ3v) is 0.129. The number of aliphatic hydroxyl groups excluding tert-OH is 4. The molecule has 0 aliphatic heterocycles. The first kappa shape index (κ1) is 36.5. The predicted molar refractivity (Wildman–Crippen MR) is 66.7 cm³/mol. The molecule has 0 amide bonds. The molecule has 0 rings (SSSR count). The predicted octanol–water partition coefficient (Wildman–Crippen LogP) is 0.250. The summed E-state index contributed by atoms with van der Waals surface area (Å²) in [5.74, 6) is 0. The van der Waals surface area contributed by atoms with Gasteiger partial charge in [0.15, 0.2) is 0 Å². The van der Waals surface area contributed by atoms with Gasteiger partial charge in [-0.2, -0.15) is 0 Å². The van der Waals surface area contributed by atoms with Crippen LogP contribution in [-0.4, -0.2) is 58.7 Å². The Morgan fingerprint density at radius 2 is 0.789 bits per heavy atom. The molecule has 0 spiro atoms. The second kappa shape index (κ2) is 105. The average Bonchev–Trinajstić information content (AvgIpc) is 2.34. The molecule has 0 aliphatic rings. The van der Waals surface area contributed by atoms with Gasteiger partial charge in [-0.15, -0.1) is 0 Å². The van der Waals surface area contributed by atoms with Gasteiger partial charge in [0, 0.05) is 26.4 Å². The van der Waals surface area contributed by atoms with Crippen molar-refractivity contribution in [3.8, 4) is 0 Å². The van der Waals surface area contributed by atoms with E-state index in [1.165, 1.54) is 0 Å². The summed E-state index contributed by atoms with van der Waals surface area (Å²) in [6, 6.07) is 0. The standard InChI is InChI=1S/C2H6O2.4C2H6O.Nb.2O/c1-2-4-3;4*1-2-3;;;/h3H,2H2,1H3;4*3H,2H2,1H3;;;. The molecule has 0 unspecified atom stereocenters. The maximum absolute atomic E-state index is 8.52. The fourth-order valence-corrected chi connectivity index (χ4v) is 0. The van der Waals surface area contributed by atoms with Gasteiger partial charge in [0.05, 0.1) is 6.61 Å². The SMILES string of the molecule is CCO.CCO.CCO.CCO.CCOO.[O]=[Nb]=[O]. The molecule has 19 heavy (non-hydrogen) atoms. The van der Waals surface area contributed by atoms with Crippen molar-refractivity contribution >= 4 is 0 Å². The molecule has 0 aromatic rings. The molecule has 0 aliphatic carbocycles. The zero-order valence-electron chi connectivity index (χ0n) is 12.4. The molecule has 0 saturated heterocycles. The second-order valence-electron chi connectivity index (χ2n) is 1.76. The van der Waals surface area contributed by atoms with Gasteiger partial charge >= 0.3 is 26.2 Å². The molecule has 0 atom stereocenters. The van der Waals surface area contributed by atoms with Crippen molar-refractivity contribution in [2.75, 3.05) is 33.0 Å². The van der Waals surface area contributed by atoms with Crippen LogP contribution >= 0.6 is 0 Å². The van der Waals surface area contributed by atoms with Crippen LogP contribution in [0.25, 0.3) is 0 Å². The molecule has 0 aromatic heterocycles. The van der Waals surface area contributed by atoms with E-state index in [9.17, 15) is 0 Å². The molecule has 5 N–H and O–H groups in total. The molecule has 0 aromatic carbocycles. The Labute approximate surface area is 125 Å². The molecular formula is C10H30NbO8. The van der Waals surface area contributed by atoms with E-state index in [1.807, 2.05) is 0 Å². The molecular weight excluding hydrogens is 341 g/mol. The number of aliphatic hydroxyl groups is 4. The van der Waals surface area contributed by atoms with Crippen LogP contribution in [0.5, 0.6) is 0 Å². The zero-order valence-corrected chi connectivity index (χ0v) is 14.6. The van der Waals surface area contributed by atoms with E-state index in [0.717, 1.165) is 0 Å². The van der Waals surface area contributed by atoms with E-state index in [1.54, 1.807) is 34.6 Å². The van der Waals surface area contributed by atoms with Gasteiger partial charge in [-0.25, -0.2) is 4.89 Å². The summed E-state index contributed by atoms with van der Waals surface area (Å²) < 4.78 is 17.0. The maximum atomic E-state index is 8.52. The summed E-state index contributed by atoms with van der Waals surface area (Å²) in [5, 5.41) is 37.7. The fourth-order valence-electron chi connectivity index (χ4n) is 0. The second-order valence-corrected chi connectivity index (χ2v) is 2.12. The average molecular weight is 371 g/mol. The van der Waals surface area contributed by atoms with Crippen LogP contribution in [0.4, 0.5) is 0 Å². The van der Waals surface area contributed by atoms with Crippen molar-refractivity contribution in [2.24, 2.45) is 0 Å². The van der Waals surface area contributed by atoms with Gasteiger partial charge in [0.25, 0.3) is 0 Å². The van der Waals surface area contributed by atoms with Crippen LogP contribution in [0.1, 0.15) is 34.6 Å². The number of hydrogen-bond acceptors (Lipinski definition) is 8. The minimum atomic E-state index is -2.15. The van der Waals surface area contributed by atoms with Crippen LogP contribution < -0.4 is 0 Å². The van der Waals surface area contributed by atoms with Gasteiger partial charge in [0.1, 0.15) is 0 Å². The molecule has 0 saturated carbocycles. The monoisotopic (exact) mass is 371 g/mol. The minimum absolute atomic E-state index is 0.250. The summed E-state index contributed by atoms with van der Waals surface area (Å²) in [4.78, 5) is 3.54. The van der Waals surface area contributed by atoms with Gasteiger partial charge in [-0.1, -0.05) is 0 Å². The van der Waals surface area contributed by atoms with E-state index in [-0.39, 0.29) is 26.4 Å². The zero-order chi connectivity index (χ0) is 16.9. The van der Waals surface area contributed by atoms with Crippen molar-refractivity contribution < 1.29 is 56.8 Å². The van der Waals surface area contributed by atoms with Crippen LogP contribution in [0.3, 0.4) is 0 Å². The van der Waals surface area contributed by atoms with Crippen LogP contribution in [0, 0.1) is 0 Å². The summed E-state index contributed by atoms with van der Waals surface area (Å²) in [6.07, 6.45) is 0. The first-order chi connectivity index (χ1) is 8.99. The Morgan fingerprint density at radius 1 is 0.737 bits per heavy atom. The van der Waals surface area contributed by atoms with Crippen molar-refractivity contribution in [3.63, 3.8) is 0 Å². The van der Waals surface area contributed by atoms with Crippen molar-refractivity contribution in [1.82, 2.24) is 0 Å². The molecule has 0 fully saturated rings. The third-order valence-electron chi connectivity index (χ3n) is 0.129. The number of hydrogen-bond donors (Lipinski definition) is 5. The molecule has 0 bridgehead atoms. The van der Waals surface area contributed by atoms with Crippen LogP contribution in [0.2, 0.25) is 0 Å². The molecule has 123 valence electrons. The number of rotatable bonds is 1. The van der Waals surface area contributed by atoms with Crippen molar-refractivity contribution in [2.45, 2.75) is 34.6 Å². The summed E-state index contributed by atoms with van der Waals surface area (Å²) >= 11 is -2.15. The summed E-state index contributed by atoms with van der Waals surface area (Å²) in [7, 11) is 0. The van der Waals surface area contributed by atoms with Crippen molar-refractivity contribution in [3.05, 3.63) is 0 Å². The molecule has 0 heterocycles. The fraction of sp³-hybridized carbons (Fsp3) is 1.00. The quantitative estimate of drug-likeness (QED) is 0.251. The van der Waals surface area contributed by atoms with Crippen molar-refractivity contribution in [1.29, 1.82) is 0 Å². The van der Waals surface area contributed by atoms with Gasteiger partial charge in [-0.3, -0.25) is 5.26 Å². The Hall–Kier alpha value is 0.100. The Balaban J connectivity index is -0.0000000268. The third kappa shape index (κ3) is 3880. The Morgan fingerprint density at radius 3 is 0.789 bits per heavy atom. The van der Waals surface area contributed by atoms with E-state index in [4.69, 9.17) is 32.2 Å². The normalized spacial score (nSPS) is 5.79. The Bertz CT molecular complexity index is 89.5. The summed E-state index contributed by atoms with van der Waals surface area (Å²) in [6.45, 7) is 9.81. The molecule has 0 radical (unpaired) electrons. The van der Waals surface area contributed by atoms with Gasteiger partial charge in [0.2, 0.25) is 0 Å². The summed E-state index contributed by atoms with van der Waals surface area (Å²) in [5.41, 5.74) is 0. The van der Waals surface area contributed by atoms with Crippen LogP contribution in [-0.2, 0) is 31.1 Å². The first-order valence-corrected chi connectivity index (χ1v) is 7.43. The topological polar surface area (TPSA) is 145 Å². The van der Waals surface area contributed by atoms with Gasteiger partial charge < -0.3 is 20.4 Å².